The number of benzene rings is 1. The van der Waals surface area contributed by atoms with E-state index in [-0.39, 0.29) is 23.2 Å². The molecule has 0 aliphatic carbocycles. The number of nitrogens with one attached hydrogen (secondary N) is 2. The lowest BCUT2D eigenvalue weighted by molar-refractivity contribution is 0.0930. The number of pyridine rings is 1. The highest BCUT2D eigenvalue weighted by atomic mass is 16.3. The second-order valence-electron chi connectivity index (χ2n) is 4.81. The number of carbonyl (C=O) groups excluding carboxylic acids is 1. The number of furan rings is 1. The van der Waals surface area contributed by atoms with Crippen molar-refractivity contribution in [3.8, 4) is 0 Å². The van der Waals surface area contributed by atoms with Gasteiger partial charge in [0.05, 0.1) is 12.3 Å². The smallest absolute Gasteiger partial charge is 0.268 e. The summed E-state index contributed by atoms with van der Waals surface area (Å²) < 4.78 is 5.24. The van der Waals surface area contributed by atoms with Gasteiger partial charge in [0.15, 0.2) is 0 Å². The molecule has 2 aromatic heterocycles. The first kappa shape index (κ1) is 13.2. The summed E-state index contributed by atoms with van der Waals surface area (Å²) in [4.78, 5) is 26.8. The zero-order chi connectivity index (χ0) is 14.8. The first-order chi connectivity index (χ1) is 10.1. The van der Waals surface area contributed by atoms with Gasteiger partial charge in [0.2, 0.25) is 0 Å². The molecule has 3 aromatic rings. The molecular formula is C16H14N2O3. The molecule has 2 heterocycles. The number of amides is 1. The maximum Gasteiger partial charge on any atom is 0.268 e. The molecule has 0 aliphatic heterocycles. The van der Waals surface area contributed by atoms with Crippen LogP contribution in [0.4, 0.5) is 0 Å². The number of aromatic amines is 1. The number of hydrogen-bond donors (Lipinski definition) is 2. The van der Waals surface area contributed by atoms with Gasteiger partial charge in [0.25, 0.3) is 11.5 Å². The van der Waals surface area contributed by atoms with E-state index < -0.39 is 0 Å². The molecule has 1 aromatic carbocycles. The van der Waals surface area contributed by atoms with E-state index >= 15 is 0 Å². The first-order valence-electron chi connectivity index (χ1n) is 6.61. The van der Waals surface area contributed by atoms with E-state index in [9.17, 15) is 9.59 Å². The molecule has 0 aliphatic rings. The van der Waals surface area contributed by atoms with E-state index in [1.54, 1.807) is 42.7 Å². The lowest BCUT2D eigenvalue weighted by Gasteiger charge is -2.11. The van der Waals surface area contributed by atoms with Crippen molar-refractivity contribution in [2.75, 3.05) is 0 Å². The fourth-order valence-corrected chi connectivity index (χ4v) is 2.22. The quantitative estimate of drug-likeness (QED) is 0.775. The molecule has 0 radical (unpaired) electrons. The zero-order valence-electron chi connectivity index (χ0n) is 11.4. The van der Waals surface area contributed by atoms with Crippen LogP contribution in [-0.2, 0) is 0 Å². The van der Waals surface area contributed by atoms with Crippen LogP contribution in [-0.4, -0.2) is 10.9 Å². The topological polar surface area (TPSA) is 75.1 Å². The molecule has 0 spiro atoms. The summed E-state index contributed by atoms with van der Waals surface area (Å²) in [5.74, 6) is 0.313. The van der Waals surface area contributed by atoms with Gasteiger partial charge in [-0.15, -0.1) is 0 Å². The van der Waals surface area contributed by atoms with Crippen molar-refractivity contribution in [1.29, 1.82) is 0 Å². The predicted molar refractivity (Wildman–Crippen MR) is 79.2 cm³/mol. The molecule has 0 saturated carbocycles. The van der Waals surface area contributed by atoms with Crippen LogP contribution in [0.5, 0.6) is 0 Å². The third-order valence-electron chi connectivity index (χ3n) is 3.32. The summed E-state index contributed by atoms with van der Waals surface area (Å²) in [7, 11) is 0. The largest absolute Gasteiger partial charge is 0.467 e. The highest BCUT2D eigenvalue weighted by molar-refractivity contribution is 5.96. The SMILES string of the molecule is C[C@H](NC(=O)c1cc2ccccc2c(=O)[nH]1)c1ccco1. The van der Waals surface area contributed by atoms with Crippen molar-refractivity contribution in [3.63, 3.8) is 0 Å². The predicted octanol–water partition coefficient (Wildman–Crippen LogP) is 2.61. The Morgan fingerprint density at radius 2 is 2.05 bits per heavy atom. The molecule has 0 fully saturated rings. The van der Waals surface area contributed by atoms with Crippen molar-refractivity contribution >= 4 is 16.7 Å². The minimum atomic E-state index is -0.346. The average molecular weight is 282 g/mol. The molecule has 5 heteroatoms. The van der Waals surface area contributed by atoms with Crippen LogP contribution in [0.15, 0.2) is 57.9 Å². The van der Waals surface area contributed by atoms with Gasteiger partial charge in [-0.05, 0) is 36.6 Å². The number of H-pyrrole nitrogens is 1. The molecule has 1 amide bonds. The average Bonchev–Trinajstić information content (AvgIpc) is 3.01. The fraction of sp³-hybridized carbons (Fsp3) is 0.125. The number of carbonyl (C=O) groups is 1. The van der Waals surface area contributed by atoms with E-state index in [1.165, 1.54) is 0 Å². The Kier molecular flexibility index (Phi) is 3.31. The number of aromatic nitrogens is 1. The molecule has 5 nitrogen and oxygen atoms in total. The van der Waals surface area contributed by atoms with E-state index in [4.69, 9.17) is 4.42 Å². The van der Waals surface area contributed by atoms with Gasteiger partial charge in [0.1, 0.15) is 11.5 Å². The van der Waals surface area contributed by atoms with Crippen LogP contribution in [0, 0.1) is 0 Å². The maximum atomic E-state index is 12.2. The lowest BCUT2D eigenvalue weighted by atomic mass is 10.1. The van der Waals surface area contributed by atoms with Gasteiger partial charge in [-0.1, -0.05) is 18.2 Å². The maximum absolute atomic E-state index is 12.2. The highest BCUT2D eigenvalue weighted by Gasteiger charge is 2.15. The van der Waals surface area contributed by atoms with Crippen LogP contribution in [0.3, 0.4) is 0 Å². The second kappa shape index (κ2) is 5.28. The van der Waals surface area contributed by atoms with Gasteiger partial charge in [-0.2, -0.15) is 0 Å². The van der Waals surface area contributed by atoms with Crippen LogP contribution >= 0.6 is 0 Å². The lowest BCUT2D eigenvalue weighted by Crippen LogP contribution is -2.28. The van der Waals surface area contributed by atoms with Crippen LogP contribution in [0.25, 0.3) is 10.8 Å². The minimum absolute atomic E-state index is 0.233. The van der Waals surface area contributed by atoms with Crippen molar-refractivity contribution in [3.05, 3.63) is 70.5 Å². The van der Waals surface area contributed by atoms with Crippen LogP contribution < -0.4 is 10.9 Å². The molecule has 0 saturated heterocycles. The van der Waals surface area contributed by atoms with Gasteiger partial charge in [-0.25, -0.2) is 0 Å². The number of fused-ring (bicyclic) bond motifs is 1. The highest BCUT2D eigenvalue weighted by Crippen LogP contribution is 2.14. The van der Waals surface area contributed by atoms with Crippen molar-refractivity contribution in [2.24, 2.45) is 0 Å². The molecule has 0 bridgehead atoms. The third-order valence-corrected chi connectivity index (χ3v) is 3.32. The molecule has 3 rings (SSSR count). The normalized spacial score (nSPS) is 12.2. The van der Waals surface area contributed by atoms with Crippen LogP contribution in [0.2, 0.25) is 0 Å². The Morgan fingerprint density at radius 3 is 2.81 bits per heavy atom. The molecule has 1 atom stereocenters. The summed E-state index contributed by atoms with van der Waals surface area (Å²) in [5, 5.41) is 4.08. The summed E-state index contributed by atoms with van der Waals surface area (Å²) in [6.07, 6.45) is 1.55. The summed E-state index contributed by atoms with van der Waals surface area (Å²) in [5.41, 5.74) is -0.0407. The summed E-state index contributed by atoms with van der Waals surface area (Å²) in [6, 6.07) is 12.1. The standard InChI is InChI=1S/C16H14N2O3/c1-10(14-7-4-8-21-14)17-16(20)13-9-11-5-2-3-6-12(11)15(19)18-13/h2-10H,1H3,(H,17,20)(H,18,19)/t10-/m0/s1. The van der Waals surface area contributed by atoms with E-state index in [0.717, 1.165) is 5.39 Å². The van der Waals surface area contributed by atoms with Gasteiger partial charge in [0, 0.05) is 5.39 Å². The Hall–Kier alpha value is -2.82. The third kappa shape index (κ3) is 2.58. The Labute approximate surface area is 120 Å². The monoisotopic (exact) mass is 282 g/mol. The Morgan fingerprint density at radius 1 is 1.24 bits per heavy atom. The van der Waals surface area contributed by atoms with Gasteiger partial charge >= 0.3 is 0 Å². The molecule has 21 heavy (non-hydrogen) atoms. The summed E-state index contributed by atoms with van der Waals surface area (Å²) >= 11 is 0. The number of rotatable bonds is 3. The van der Waals surface area contributed by atoms with Crippen molar-refractivity contribution in [2.45, 2.75) is 13.0 Å². The van der Waals surface area contributed by atoms with Crippen LogP contribution in [0.1, 0.15) is 29.2 Å². The summed E-state index contributed by atoms with van der Waals surface area (Å²) in [6.45, 7) is 1.82. The Balaban J connectivity index is 1.90. The number of hydrogen-bond acceptors (Lipinski definition) is 3. The molecule has 2 N–H and O–H groups in total. The molecule has 106 valence electrons. The fourth-order valence-electron chi connectivity index (χ4n) is 2.22. The molecule has 0 unspecified atom stereocenters. The van der Waals surface area contributed by atoms with Gasteiger partial charge < -0.3 is 14.7 Å². The second-order valence-corrected chi connectivity index (χ2v) is 4.81. The van der Waals surface area contributed by atoms with Crippen molar-refractivity contribution in [1.82, 2.24) is 10.3 Å². The minimum Gasteiger partial charge on any atom is -0.467 e. The Bertz CT molecular complexity index is 834. The van der Waals surface area contributed by atoms with E-state index in [2.05, 4.69) is 10.3 Å². The first-order valence-corrected chi connectivity index (χ1v) is 6.61. The van der Waals surface area contributed by atoms with Gasteiger partial charge in [-0.3, -0.25) is 9.59 Å². The van der Waals surface area contributed by atoms with E-state index in [0.29, 0.717) is 11.1 Å². The van der Waals surface area contributed by atoms with Crippen molar-refractivity contribution < 1.29 is 9.21 Å². The van der Waals surface area contributed by atoms with E-state index in [1.807, 2.05) is 13.0 Å². The molecular weight excluding hydrogens is 268 g/mol. The zero-order valence-corrected chi connectivity index (χ0v) is 11.4.